The highest BCUT2D eigenvalue weighted by atomic mass is 32.2. The second-order valence-electron chi connectivity index (χ2n) is 7.23. The summed E-state index contributed by atoms with van der Waals surface area (Å²) in [5, 5.41) is 10.9. The Bertz CT molecular complexity index is 1110. The van der Waals surface area contributed by atoms with Crippen LogP contribution in [0.15, 0.2) is 57.8 Å². The van der Waals surface area contributed by atoms with Crippen LogP contribution >= 0.6 is 11.8 Å². The van der Waals surface area contributed by atoms with E-state index >= 15 is 0 Å². The third-order valence-corrected chi connectivity index (χ3v) is 5.57. The zero-order chi connectivity index (χ0) is 22.0. The number of benzene rings is 2. The molecule has 31 heavy (non-hydrogen) atoms. The predicted octanol–water partition coefficient (Wildman–Crippen LogP) is 4.14. The van der Waals surface area contributed by atoms with Crippen LogP contribution in [0.1, 0.15) is 37.0 Å². The van der Waals surface area contributed by atoms with Crippen molar-refractivity contribution in [2.45, 2.75) is 36.8 Å². The largest absolute Gasteiger partial charge is 0.403 e. The lowest BCUT2D eigenvalue weighted by molar-refractivity contribution is -0.121. The van der Waals surface area contributed by atoms with Gasteiger partial charge in [0.15, 0.2) is 0 Å². The Labute approximate surface area is 183 Å². The number of hydrogen-bond donors (Lipinski definition) is 1. The first kappa shape index (κ1) is 20.8. The van der Waals surface area contributed by atoms with Crippen LogP contribution in [-0.2, 0) is 9.59 Å². The van der Waals surface area contributed by atoms with Gasteiger partial charge in [0, 0.05) is 34.1 Å². The van der Waals surface area contributed by atoms with Gasteiger partial charge in [-0.2, -0.15) is 0 Å². The number of hydrogen-bond acceptors (Lipinski definition) is 7. The van der Waals surface area contributed by atoms with Crippen LogP contribution in [-0.4, -0.2) is 33.2 Å². The Morgan fingerprint density at radius 1 is 1.00 bits per heavy atom. The first-order valence-electron chi connectivity index (χ1n) is 9.78. The fourth-order valence-corrected chi connectivity index (χ4v) is 3.97. The third kappa shape index (κ3) is 4.66. The van der Waals surface area contributed by atoms with E-state index in [1.54, 1.807) is 23.9 Å². The van der Waals surface area contributed by atoms with Crippen LogP contribution in [0, 0.1) is 0 Å². The lowest BCUT2D eigenvalue weighted by Crippen LogP contribution is -2.28. The fraction of sp³-hybridized carbons (Fsp3) is 0.227. The average Bonchev–Trinajstić information content (AvgIpc) is 3.34. The Morgan fingerprint density at radius 2 is 1.65 bits per heavy atom. The average molecular weight is 436 g/mol. The van der Waals surface area contributed by atoms with Crippen LogP contribution in [0.5, 0.6) is 0 Å². The summed E-state index contributed by atoms with van der Waals surface area (Å²) in [6.45, 7) is 4.26. The molecule has 0 saturated carbocycles. The number of amides is 3. The number of imide groups is 1. The molecule has 0 unspecified atom stereocenters. The van der Waals surface area contributed by atoms with Gasteiger partial charge in [0.25, 0.3) is 5.91 Å². The van der Waals surface area contributed by atoms with Gasteiger partial charge in [-0.25, -0.2) is 0 Å². The number of anilines is 2. The molecule has 1 N–H and O–H groups in total. The molecule has 1 aromatic heterocycles. The van der Waals surface area contributed by atoms with Gasteiger partial charge in [0.05, 0.1) is 5.69 Å². The van der Waals surface area contributed by atoms with Crippen LogP contribution in [0.4, 0.5) is 11.7 Å². The van der Waals surface area contributed by atoms with Gasteiger partial charge < -0.3 is 4.42 Å². The second kappa shape index (κ2) is 8.73. The van der Waals surface area contributed by atoms with E-state index in [1.807, 2.05) is 24.3 Å². The minimum Gasteiger partial charge on any atom is -0.403 e. The molecule has 9 heteroatoms. The summed E-state index contributed by atoms with van der Waals surface area (Å²) >= 11 is 1.76. The summed E-state index contributed by atoms with van der Waals surface area (Å²) in [7, 11) is 0. The fourth-order valence-electron chi connectivity index (χ4n) is 3.13. The zero-order valence-corrected chi connectivity index (χ0v) is 17.8. The number of carbonyl (C=O) groups excluding carboxylic acids is 3. The topological polar surface area (TPSA) is 105 Å². The quantitative estimate of drug-likeness (QED) is 0.457. The van der Waals surface area contributed by atoms with Gasteiger partial charge in [0.2, 0.25) is 17.7 Å². The first-order valence-corrected chi connectivity index (χ1v) is 10.7. The van der Waals surface area contributed by atoms with Crippen LogP contribution in [0.2, 0.25) is 0 Å². The van der Waals surface area contributed by atoms with Crippen LogP contribution in [0.25, 0.3) is 11.5 Å². The molecule has 2 heterocycles. The molecule has 2 aromatic carbocycles. The van der Waals surface area contributed by atoms with Crippen molar-refractivity contribution in [1.82, 2.24) is 10.2 Å². The Kier molecular flexibility index (Phi) is 5.85. The number of thioether (sulfide) groups is 1. The minimum atomic E-state index is -0.440. The molecule has 3 amide bonds. The van der Waals surface area contributed by atoms with Crippen molar-refractivity contribution in [3.8, 4) is 11.5 Å². The molecule has 1 aliphatic heterocycles. The smallest absolute Gasteiger partial charge is 0.322 e. The molecular formula is C22H20N4O4S. The standard InChI is InChI=1S/C22H20N4O4S/c1-13(2)31-17-9-5-15(6-10-17)21-24-25-22(30-21)23-20(29)14-3-7-16(8-4-14)26-18(27)11-12-19(26)28/h3-10,13H,11-12H2,1-2H3,(H,23,25,29). The Hall–Kier alpha value is -3.46. The Balaban J connectivity index is 1.42. The van der Waals surface area contributed by atoms with Crippen LogP contribution < -0.4 is 10.2 Å². The van der Waals surface area contributed by atoms with E-state index in [2.05, 4.69) is 29.4 Å². The predicted molar refractivity (Wildman–Crippen MR) is 117 cm³/mol. The number of nitrogens with zero attached hydrogens (tertiary/aromatic N) is 3. The molecule has 8 nitrogen and oxygen atoms in total. The van der Waals surface area contributed by atoms with Gasteiger partial charge in [-0.15, -0.1) is 16.9 Å². The normalized spacial score (nSPS) is 13.8. The summed E-state index contributed by atoms with van der Waals surface area (Å²) < 4.78 is 5.56. The van der Waals surface area contributed by atoms with Crippen molar-refractivity contribution in [2.24, 2.45) is 0 Å². The summed E-state index contributed by atoms with van der Waals surface area (Å²) in [5.74, 6) is -0.616. The number of nitrogens with one attached hydrogen (secondary N) is 1. The molecule has 1 aliphatic rings. The van der Waals surface area contributed by atoms with Crippen molar-refractivity contribution in [3.63, 3.8) is 0 Å². The van der Waals surface area contributed by atoms with E-state index in [-0.39, 0.29) is 30.7 Å². The summed E-state index contributed by atoms with van der Waals surface area (Å²) in [5.41, 5.74) is 1.53. The number of carbonyl (C=O) groups is 3. The van der Waals surface area contributed by atoms with Gasteiger partial charge >= 0.3 is 6.01 Å². The monoisotopic (exact) mass is 436 g/mol. The molecule has 1 fully saturated rings. The highest BCUT2D eigenvalue weighted by Gasteiger charge is 2.30. The molecule has 0 radical (unpaired) electrons. The van der Waals surface area contributed by atoms with Crippen molar-refractivity contribution in [1.29, 1.82) is 0 Å². The summed E-state index contributed by atoms with van der Waals surface area (Å²) in [6.07, 6.45) is 0.416. The third-order valence-electron chi connectivity index (χ3n) is 4.56. The lowest BCUT2D eigenvalue weighted by Gasteiger charge is -2.13. The molecule has 3 aromatic rings. The molecule has 4 rings (SSSR count). The molecule has 158 valence electrons. The van der Waals surface area contributed by atoms with Gasteiger partial charge in [0.1, 0.15) is 0 Å². The van der Waals surface area contributed by atoms with Gasteiger partial charge in [-0.3, -0.25) is 24.6 Å². The second-order valence-corrected chi connectivity index (χ2v) is 8.88. The van der Waals surface area contributed by atoms with Crippen molar-refractivity contribution in [2.75, 3.05) is 10.2 Å². The van der Waals surface area contributed by atoms with Gasteiger partial charge in [-0.05, 0) is 48.5 Å². The molecule has 0 aliphatic carbocycles. The van der Waals surface area contributed by atoms with Crippen molar-refractivity contribution in [3.05, 3.63) is 54.1 Å². The van der Waals surface area contributed by atoms with E-state index in [1.165, 1.54) is 12.1 Å². The maximum Gasteiger partial charge on any atom is 0.322 e. The molecule has 0 bridgehead atoms. The maximum atomic E-state index is 12.5. The minimum absolute atomic E-state index is 0.0189. The van der Waals surface area contributed by atoms with Crippen LogP contribution in [0.3, 0.4) is 0 Å². The van der Waals surface area contributed by atoms with E-state index in [0.29, 0.717) is 22.4 Å². The number of aromatic nitrogens is 2. The lowest BCUT2D eigenvalue weighted by atomic mass is 10.2. The van der Waals surface area contributed by atoms with E-state index in [0.717, 1.165) is 15.4 Å². The SMILES string of the molecule is CC(C)Sc1ccc(-c2nnc(NC(=O)c3ccc(N4C(=O)CCC4=O)cc3)o2)cc1. The highest BCUT2D eigenvalue weighted by Crippen LogP contribution is 2.27. The van der Waals surface area contributed by atoms with Gasteiger partial charge in [-0.1, -0.05) is 18.9 Å². The van der Waals surface area contributed by atoms with E-state index in [9.17, 15) is 14.4 Å². The number of rotatable bonds is 6. The highest BCUT2D eigenvalue weighted by molar-refractivity contribution is 7.99. The summed E-state index contributed by atoms with van der Waals surface area (Å²) in [6, 6.07) is 13.9. The molecule has 1 saturated heterocycles. The Morgan fingerprint density at radius 3 is 2.26 bits per heavy atom. The van der Waals surface area contributed by atoms with Crippen molar-refractivity contribution >= 4 is 41.2 Å². The van der Waals surface area contributed by atoms with E-state index < -0.39 is 5.91 Å². The van der Waals surface area contributed by atoms with E-state index in [4.69, 9.17) is 4.42 Å². The molecule has 0 atom stereocenters. The molecule has 0 spiro atoms. The van der Waals surface area contributed by atoms with Crippen molar-refractivity contribution < 1.29 is 18.8 Å². The first-order chi connectivity index (χ1) is 14.9. The molecular weight excluding hydrogens is 416 g/mol. The summed E-state index contributed by atoms with van der Waals surface area (Å²) in [4.78, 5) is 38.4. The maximum absolute atomic E-state index is 12.5. The zero-order valence-electron chi connectivity index (χ0n) is 17.0.